The van der Waals surface area contributed by atoms with E-state index in [0.29, 0.717) is 18.1 Å². The van der Waals surface area contributed by atoms with Crippen LogP contribution in [0.2, 0.25) is 0 Å². The van der Waals surface area contributed by atoms with Gasteiger partial charge < -0.3 is 4.52 Å². The third-order valence-corrected chi connectivity index (χ3v) is 3.72. The smallest absolute Gasteiger partial charge is 0.239 e. The van der Waals surface area contributed by atoms with Crippen molar-refractivity contribution < 1.29 is 4.52 Å². The maximum absolute atomic E-state index is 5.31. The van der Waals surface area contributed by atoms with Gasteiger partial charge in [0.25, 0.3) is 0 Å². The molecule has 0 aliphatic rings. The van der Waals surface area contributed by atoms with E-state index >= 15 is 0 Å². The average molecular weight is 287 g/mol. The fourth-order valence-electron chi connectivity index (χ4n) is 1.76. The van der Waals surface area contributed by atoms with E-state index in [1.54, 1.807) is 6.20 Å². The molecule has 102 valence electrons. The van der Waals surface area contributed by atoms with Gasteiger partial charge in [-0.05, 0) is 12.5 Å². The van der Waals surface area contributed by atoms with Gasteiger partial charge in [0.05, 0.1) is 11.4 Å². The fourth-order valence-corrected chi connectivity index (χ4v) is 2.53. The van der Waals surface area contributed by atoms with Gasteiger partial charge in [-0.25, -0.2) is 0 Å². The molecule has 6 nitrogen and oxygen atoms in total. The lowest BCUT2D eigenvalue weighted by Crippen LogP contribution is -1.92. The van der Waals surface area contributed by atoms with E-state index in [9.17, 15) is 0 Å². The normalized spacial score (nSPS) is 12.4. The van der Waals surface area contributed by atoms with Crippen molar-refractivity contribution in [2.24, 2.45) is 0 Å². The molecule has 0 amide bonds. The summed E-state index contributed by atoms with van der Waals surface area (Å²) in [6.07, 6.45) is 2.34. The van der Waals surface area contributed by atoms with Crippen LogP contribution in [-0.4, -0.2) is 25.6 Å². The van der Waals surface area contributed by atoms with Crippen molar-refractivity contribution in [3.63, 3.8) is 0 Å². The zero-order chi connectivity index (χ0) is 13.8. The Morgan fingerprint density at radius 1 is 1.30 bits per heavy atom. The maximum atomic E-state index is 5.31. The van der Waals surface area contributed by atoms with Gasteiger partial charge in [-0.3, -0.25) is 0 Å². The summed E-state index contributed by atoms with van der Waals surface area (Å²) < 4.78 is 5.31. The Labute approximate surface area is 120 Å². The van der Waals surface area contributed by atoms with E-state index in [4.69, 9.17) is 4.52 Å². The Bertz CT molecular complexity index is 652. The highest BCUT2D eigenvalue weighted by Crippen LogP contribution is 2.31. The van der Waals surface area contributed by atoms with Gasteiger partial charge in [0.2, 0.25) is 5.89 Å². The zero-order valence-electron chi connectivity index (χ0n) is 10.9. The third-order valence-electron chi connectivity index (χ3n) is 2.73. The van der Waals surface area contributed by atoms with Crippen molar-refractivity contribution in [2.75, 3.05) is 0 Å². The van der Waals surface area contributed by atoms with E-state index in [1.165, 1.54) is 11.8 Å². The van der Waals surface area contributed by atoms with Gasteiger partial charge in [-0.1, -0.05) is 47.3 Å². The lowest BCUT2D eigenvalue weighted by atomic mass is 10.1. The summed E-state index contributed by atoms with van der Waals surface area (Å²) in [5, 5.41) is 15.2. The first-order valence-electron chi connectivity index (χ1n) is 6.20. The summed E-state index contributed by atoms with van der Waals surface area (Å²) in [5.41, 5.74) is 1.16. The first kappa shape index (κ1) is 12.9. The molecule has 20 heavy (non-hydrogen) atoms. The molecule has 0 unspecified atom stereocenters. The molecule has 2 heterocycles. The number of rotatable bonds is 5. The van der Waals surface area contributed by atoms with Crippen LogP contribution in [0.1, 0.15) is 29.5 Å². The second-order valence-electron chi connectivity index (χ2n) is 4.28. The van der Waals surface area contributed by atoms with Crippen LogP contribution in [0.3, 0.4) is 0 Å². The van der Waals surface area contributed by atoms with Crippen LogP contribution in [-0.2, 0) is 6.42 Å². The number of aromatic amines is 1. The molecule has 3 rings (SSSR count). The standard InChI is InChI=1S/C13H13N5OS/c1-9(20-12-8-14-18-16-12)13-15-11(17-19-13)7-10-5-3-2-4-6-10/h2-6,8-9H,7H2,1H3,(H,14,16,18)/t9-/m0/s1. The number of hydrogen-bond acceptors (Lipinski definition) is 6. The molecule has 0 saturated heterocycles. The molecular weight excluding hydrogens is 274 g/mol. The van der Waals surface area contributed by atoms with Gasteiger partial charge in [0.15, 0.2) is 5.82 Å². The summed E-state index contributed by atoms with van der Waals surface area (Å²) >= 11 is 1.52. The predicted molar refractivity (Wildman–Crippen MR) is 74.2 cm³/mol. The van der Waals surface area contributed by atoms with Crippen molar-refractivity contribution in [1.29, 1.82) is 0 Å². The van der Waals surface area contributed by atoms with Crippen molar-refractivity contribution in [3.8, 4) is 0 Å². The molecule has 1 aromatic carbocycles. The van der Waals surface area contributed by atoms with Crippen LogP contribution >= 0.6 is 11.8 Å². The zero-order valence-corrected chi connectivity index (χ0v) is 11.7. The van der Waals surface area contributed by atoms with Gasteiger partial charge in [0.1, 0.15) is 5.03 Å². The number of thioether (sulfide) groups is 1. The van der Waals surface area contributed by atoms with Crippen LogP contribution in [0.15, 0.2) is 46.1 Å². The van der Waals surface area contributed by atoms with Gasteiger partial charge in [0, 0.05) is 6.42 Å². The Hall–Kier alpha value is -2.15. The quantitative estimate of drug-likeness (QED) is 0.727. The monoisotopic (exact) mass is 287 g/mol. The Kier molecular flexibility index (Phi) is 3.78. The molecule has 0 fully saturated rings. The molecule has 3 aromatic rings. The number of benzene rings is 1. The number of H-pyrrole nitrogens is 1. The highest BCUT2D eigenvalue weighted by molar-refractivity contribution is 7.99. The molecule has 0 saturated carbocycles. The lowest BCUT2D eigenvalue weighted by Gasteiger charge is -2.01. The maximum Gasteiger partial charge on any atom is 0.239 e. The molecule has 0 radical (unpaired) electrons. The first-order valence-corrected chi connectivity index (χ1v) is 7.08. The molecule has 0 spiro atoms. The fraction of sp³-hybridized carbons (Fsp3) is 0.231. The third kappa shape index (κ3) is 3.05. The molecule has 2 aromatic heterocycles. The summed E-state index contributed by atoms with van der Waals surface area (Å²) in [4.78, 5) is 4.43. The number of hydrogen-bond donors (Lipinski definition) is 1. The second-order valence-corrected chi connectivity index (χ2v) is 5.64. The van der Waals surface area contributed by atoms with Gasteiger partial charge in [-0.15, -0.1) is 5.10 Å². The Morgan fingerprint density at radius 3 is 2.90 bits per heavy atom. The van der Waals surface area contributed by atoms with E-state index in [0.717, 1.165) is 10.6 Å². The number of nitrogens with zero attached hydrogens (tertiary/aromatic N) is 4. The molecule has 7 heteroatoms. The summed E-state index contributed by atoms with van der Waals surface area (Å²) in [7, 11) is 0. The van der Waals surface area contributed by atoms with Crippen LogP contribution in [0.5, 0.6) is 0 Å². The van der Waals surface area contributed by atoms with E-state index in [1.807, 2.05) is 37.3 Å². The lowest BCUT2D eigenvalue weighted by molar-refractivity contribution is 0.375. The highest BCUT2D eigenvalue weighted by atomic mass is 32.2. The Morgan fingerprint density at radius 2 is 2.15 bits per heavy atom. The summed E-state index contributed by atoms with van der Waals surface area (Å²) in [5.74, 6) is 1.29. The largest absolute Gasteiger partial charge is 0.338 e. The predicted octanol–water partition coefficient (Wildman–Crippen LogP) is 2.63. The summed E-state index contributed by atoms with van der Waals surface area (Å²) in [6, 6.07) is 10.1. The van der Waals surface area contributed by atoms with Crippen molar-refractivity contribution in [3.05, 3.63) is 53.8 Å². The van der Waals surface area contributed by atoms with Crippen molar-refractivity contribution in [1.82, 2.24) is 25.6 Å². The summed E-state index contributed by atoms with van der Waals surface area (Å²) in [6.45, 7) is 2.00. The van der Waals surface area contributed by atoms with Crippen molar-refractivity contribution in [2.45, 2.75) is 23.6 Å². The highest BCUT2D eigenvalue weighted by Gasteiger charge is 2.16. The Balaban J connectivity index is 1.67. The molecule has 0 aliphatic carbocycles. The molecule has 0 bridgehead atoms. The average Bonchev–Trinajstić information content (AvgIpc) is 3.11. The van der Waals surface area contributed by atoms with Crippen LogP contribution in [0.4, 0.5) is 0 Å². The minimum atomic E-state index is 0.0390. The SMILES string of the molecule is C[C@H](Sc1cn[nH]n1)c1nc(Cc2ccccc2)no1. The van der Waals surface area contributed by atoms with E-state index in [-0.39, 0.29) is 5.25 Å². The topological polar surface area (TPSA) is 80.5 Å². The number of aromatic nitrogens is 5. The van der Waals surface area contributed by atoms with Gasteiger partial charge in [-0.2, -0.15) is 15.3 Å². The molecule has 1 N–H and O–H groups in total. The molecule has 0 aliphatic heterocycles. The van der Waals surface area contributed by atoms with E-state index in [2.05, 4.69) is 25.6 Å². The molecule has 1 atom stereocenters. The van der Waals surface area contributed by atoms with E-state index < -0.39 is 0 Å². The first-order chi connectivity index (χ1) is 9.81. The van der Waals surface area contributed by atoms with Crippen LogP contribution in [0.25, 0.3) is 0 Å². The minimum Gasteiger partial charge on any atom is -0.338 e. The van der Waals surface area contributed by atoms with Crippen LogP contribution < -0.4 is 0 Å². The van der Waals surface area contributed by atoms with Gasteiger partial charge >= 0.3 is 0 Å². The van der Waals surface area contributed by atoms with Crippen LogP contribution in [0, 0.1) is 0 Å². The minimum absolute atomic E-state index is 0.0390. The number of nitrogens with one attached hydrogen (secondary N) is 1. The van der Waals surface area contributed by atoms with Crippen molar-refractivity contribution >= 4 is 11.8 Å². The molecular formula is C13H13N5OS. The second kappa shape index (κ2) is 5.87.